The third-order valence-electron chi connectivity index (χ3n) is 1.80. The van der Waals surface area contributed by atoms with E-state index in [1.807, 2.05) is 0 Å². The smallest absolute Gasteiger partial charge is 0.294 e. The van der Waals surface area contributed by atoms with E-state index in [0.29, 0.717) is 12.8 Å². The predicted molar refractivity (Wildman–Crippen MR) is 74.5 cm³/mol. The van der Waals surface area contributed by atoms with Crippen molar-refractivity contribution in [1.29, 1.82) is 0 Å². The number of rotatable bonds is 11. The zero-order chi connectivity index (χ0) is 14.9. The van der Waals surface area contributed by atoms with Crippen LogP contribution in [0.15, 0.2) is 0 Å². The second kappa shape index (κ2) is 9.16. The minimum absolute atomic E-state index is 0.0829. The highest BCUT2D eigenvalue weighted by Crippen LogP contribution is 2.10. The van der Waals surface area contributed by atoms with Crippen LogP contribution in [0.1, 0.15) is 25.7 Å². The second-order valence-corrected chi connectivity index (χ2v) is 11.5. The molecule has 0 saturated heterocycles. The Bertz CT molecular complexity index is 363. The molecular formula is C9H22O7S2Si. The highest BCUT2D eigenvalue weighted by atomic mass is 32.3. The summed E-state index contributed by atoms with van der Waals surface area (Å²) < 4.78 is 55.3. The Morgan fingerprint density at radius 3 is 2.05 bits per heavy atom. The Labute approximate surface area is 118 Å². The van der Waals surface area contributed by atoms with E-state index in [1.54, 1.807) is 19.6 Å². The van der Waals surface area contributed by atoms with Gasteiger partial charge >= 0.3 is 21.8 Å². The van der Waals surface area contributed by atoms with Gasteiger partial charge in [0.25, 0.3) is 0 Å². The molecule has 0 aliphatic rings. The van der Waals surface area contributed by atoms with E-state index in [-0.39, 0.29) is 13.2 Å². The summed E-state index contributed by atoms with van der Waals surface area (Å²) in [7, 11) is -6.06. The zero-order valence-corrected chi connectivity index (χ0v) is 14.1. The quantitative estimate of drug-likeness (QED) is 0.349. The summed E-state index contributed by atoms with van der Waals surface area (Å²) >= 11 is -2.21. The van der Waals surface area contributed by atoms with Crippen LogP contribution in [0.25, 0.3) is 0 Å². The van der Waals surface area contributed by atoms with Crippen molar-refractivity contribution in [1.82, 2.24) is 0 Å². The van der Waals surface area contributed by atoms with Crippen molar-refractivity contribution in [2.24, 2.45) is 0 Å². The molecule has 0 spiro atoms. The highest BCUT2D eigenvalue weighted by Gasteiger charge is 2.24. The first-order valence-electron chi connectivity index (χ1n) is 5.96. The maximum atomic E-state index is 11.4. The van der Waals surface area contributed by atoms with Crippen molar-refractivity contribution >= 4 is 30.1 Å². The van der Waals surface area contributed by atoms with E-state index in [0.717, 1.165) is 12.8 Å². The summed E-state index contributed by atoms with van der Waals surface area (Å²) in [6.07, 6.45) is 2.75. The fraction of sp³-hybridized carbons (Fsp3) is 1.00. The maximum absolute atomic E-state index is 11.4. The van der Waals surface area contributed by atoms with E-state index >= 15 is 0 Å². The Balaban J connectivity index is 3.56. The largest absolute Gasteiger partial charge is 0.390 e. The summed E-state index contributed by atoms with van der Waals surface area (Å²) in [5, 5.41) is 0. The Morgan fingerprint density at radius 2 is 1.58 bits per heavy atom. The molecule has 10 heteroatoms. The van der Waals surface area contributed by atoms with Gasteiger partial charge in [0.05, 0.1) is 13.2 Å². The molecular weight excluding hydrogens is 312 g/mol. The fourth-order valence-electron chi connectivity index (χ4n) is 1.18. The molecule has 19 heavy (non-hydrogen) atoms. The second-order valence-electron chi connectivity index (χ2n) is 4.88. The SMILES string of the molecule is C[Si](C)(C)OS(=O)(=O)OCCCCCCOS(=O)O. The van der Waals surface area contributed by atoms with Gasteiger partial charge in [0.2, 0.25) is 8.32 Å². The Morgan fingerprint density at radius 1 is 1.05 bits per heavy atom. The van der Waals surface area contributed by atoms with Gasteiger partial charge in [0.1, 0.15) is 0 Å². The molecule has 1 unspecified atom stereocenters. The van der Waals surface area contributed by atoms with Crippen molar-refractivity contribution in [2.45, 2.75) is 45.3 Å². The third-order valence-corrected chi connectivity index (χ3v) is 5.44. The predicted octanol–water partition coefficient (Wildman–Crippen LogP) is 1.81. The third kappa shape index (κ3) is 14.4. The summed E-state index contributed by atoms with van der Waals surface area (Å²) in [6.45, 7) is 5.58. The molecule has 0 aromatic rings. The van der Waals surface area contributed by atoms with Crippen molar-refractivity contribution in [3.8, 4) is 0 Å². The van der Waals surface area contributed by atoms with Gasteiger partial charge in [0, 0.05) is 0 Å². The Hall–Kier alpha value is 0.157. The van der Waals surface area contributed by atoms with Crippen molar-refractivity contribution < 1.29 is 29.4 Å². The van der Waals surface area contributed by atoms with Crippen LogP contribution in [-0.2, 0) is 34.0 Å². The summed E-state index contributed by atoms with van der Waals surface area (Å²) in [5.41, 5.74) is 0. The van der Waals surface area contributed by atoms with Crippen LogP contribution in [0.3, 0.4) is 0 Å². The van der Waals surface area contributed by atoms with Gasteiger partial charge in [-0.2, -0.15) is 12.6 Å². The molecule has 0 radical (unpaired) electrons. The molecule has 0 aliphatic heterocycles. The monoisotopic (exact) mass is 334 g/mol. The molecule has 0 aliphatic carbocycles. The molecule has 1 N–H and O–H groups in total. The first-order chi connectivity index (χ1) is 8.62. The standard InChI is InChI=1S/C9H22O7S2Si/c1-19(2,3)16-18(12,13)15-9-7-5-4-6-8-14-17(10)11/h4-9H2,1-3H3,(H,10,11). The average molecular weight is 334 g/mol. The topological polar surface area (TPSA) is 99.1 Å². The van der Waals surface area contributed by atoms with Crippen LogP contribution < -0.4 is 0 Å². The zero-order valence-electron chi connectivity index (χ0n) is 11.5. The molecule has 0 aromatic carbocycles. The van der Waals surface area contributed by atoms with Crippen LogP contribution in [-0.4, -0.2) is 38.7 Å². The lowest BCUT2D eigenvalue weighted by Crippen LogP contribution is -2.30. The van der Waals surface area contributed by atoms with Crippen LogP contribution in [0.2, 0.25) is 19.6 Å². The molecule has 7 nitrogen and oxygen atoms in total. The van der Waals surface area contributed by atoms with Crippen LogP contribution in [0, 0.1) is 0 Å². The van der Waals surface area contributed by atoms with E-state index < -0.39 is 30.1 Å². The van der Waals surface area contributed by atoms with Crippen molar-refractivity contribution in [3.05, 3.63) is 0 Å². The highest BCUT2D eigenvalue weighted by molar-refractivity contribution is 7.83. The van der Waals surface area contributed by atoms with E-state index in [9.17, 15) is 12.6 Å². The lowest BCUT2D eigenvalue weighted by molar-refractivity contribution is 0.260. The van der Waals surface area contributed by atoms with Gasteiger partial charge in [-0.3, -0.25) is 12.6 Å². The average Bonchev–Trinajstić information content (AvgIpc) is 2.17. The van der Waals surface area contributed by atoms with E-state index in [4.69, 9.17) is 12.6 Å². The molecule has 0 rings (SSSR count). The number of unbranched alkanes of at least 4 members (excludes halogenated alkanes) is 3. The fourth-order valence-corrected chi connectivity index (χ4v) is 4.40. The molecule has 0 saturated carbocycles. The first kappa shape index (κ1) is 19.2. The molecule has 1 atom stereocenters. The van der Waals surface area contributed by atoms with E-state index in [1.165, 1.54) is 0 Å². The minimum Gasteiger partial charge on any atom is -0.294 e. The van der Waals surface area contributed by atoms with Crippen molar-refractivity contribution in [2.75, 3.05) is 13.2 Å². The van der Waals surface area contributed by atoms with Gasteiger partial charge in [0.15, 0.2) is 0 Å². The van der Waals surface area contributed by atoms with Gasteiger partial charge in [-0.15, -0.1) is 0 Å². The molecule has 0 amide bonds. The minimum atomic E-state index is -3.88. The molecule has 0 heterocycles. The van der Waals surface area contributed by atoms with Gasteiger partial charge in [-0.25, -0.2) is 4.18 Å². The van der Waals surface area contributed by atoms with Crippen LogP contribution in [0.5, 0.6) is 0 Å². The Kier molecular flexibility index (Phi) is 9.23. The van der Waals surface area contributed by atoms with Gasteiger partial charge in [-0.05, 0) is 32.5 Å². The molecule has 0 aromatic heterocycles. The molecule has 0 fully saturated rings. The lowest BCUT2D eigenvalue weighted by atomic mass is 10.2. The lowest BCUT2D eigenvalue weighted by Gasteiger charge is -2.15. The van der Waals surface area contributed by atoms with Crippen LogP contribution >= 0.6 is 0 Å². The van der Waals surface area contributed by atoms with Crippen molar-refractivity contribution in [3.63, 3.8) is 0 Å². The molecule has 116 valence electrons. The summed E-state index contributed by atoms with van der Waals surface area (Å²) in [4.78, 5) is 0. The van der Waals surface area contributed by atoms with Gasteiger partial charge in [-0.1, -0.05) is 12.8 Å². The number of hydrogen-bond donors (Lipinski definition) is 1. The number of hydrogen-bond acceptors (Lipinski definition) is 6. The normalized spacial score (nSPS) is 14.5. The van der Waals surface area contributed by atoms with Crippen LogP contribution in [0.4, 0.5) is 0 Å². The molecule has 0 bridgehead atoms. The van der Waals surface area contributed by atoms with Gasteiger partial charge < -0.3 is 0 Å². The van der Waals surface area contributed by atoms with E-state index in [2.05, 4.69) is 4.18 Å². The first-order valence-corrected chi connectivity index (χ1v) is 11.7. The summed E-state index contributed by atoms with van der Waals surface area (Å²) in [6, 6.07) is 0. The summed E-state index contributed by atoms with van der Waals surface area (Å²) in [5.74, 6) is 0. The maximum Gasteiger partial charge on any atom is 0.390 e.